The fourth-order valence-corrected chi connectivity index (χ4v) is 2.60. The highest BCUT2D eigenvalue weighted by molar-refractivity contribution is 5.95. The Hall–Kier alpha value is -1.62. The van der Waals surface area contributed by atoms with Gasteiger partial charge in [0.25, 0.3) is 5.91 Å². The van der Waals surface area contributed by atoms with Gasteiger partial charge < -0.3 is 14.9 Å². The minimum Gasteiger partial charge on any atom is -0.394 e. The second-order valence-corrected chi connectivity index (χ2v) is 5.48. The summed E-state index contributed by atoms with van der Waals surface area (Å²) in [5.41, 5.74) is 0.643. The van der Waals surface area contributed by atoms with Gasteiger partial charge in [0.05, 0.1) is 12.6 Å². The monoisotopic (exact) mass is 277 g/mol. The molecule has 1 aliphatic heterocycles. The van der Waals surface area contributed by atoms with E-state index in [9.17, 15) is 9.90 Å². The average Bonchev–Trinajstić information content (AvgIpc) is 2.71. The van der Waals surface area contributed by atoms with E-state index in [0.29, 0.717) is 5.56 Å². The number of aliphatic hydroxyl groups is 1. The zero-order chi connectivity index (χ0) is 14.5. The number of rotatable bonds is 3. The van der Waals surface area contributed by atoms with Gasteiger partial charge in [-0.25, -0.2) is 4.98 Å². The van der Waals surface area contributed by atoms with Gasteiger partial charge in [-0.2, -0.15) is 0 Å². The quantitative estimate of drug-likeness (QED) is 0.910. The molecule has 20 heavy (non-hydrogen) atoms. The maximum atomic E-state index is 12.7. The van der Waals surface area contributed by atoms with E-state index in [0.717, 1.165) is 38.0 Å². The summed E-state index contributed by atoms with van der Waals surface area (Å²) in [6.07, 6.45) is 5.75. The molecule has 1 atom stereocenters. The van der Waals surface area contributed by atoms with Crippen molar-refractivity contribution in [3.63, 3.8) is 0 Å². The number of aromatic nitrogens is 1. The number of anilines is 1. The van der Waals surface area contributed by atoms with E-state index < -0.39 is 0 Å². The first-order valence-corrected chi connectivity index (χ1v) is 7.18. The van der Waals surface area contributed by atoms with Crippen molar-refractivity contribution in [2.45, 2.75) is 31.7 Å². The van der Waals surface area contributed by atoms with Gasteiger partial charge in [-0.05, 0) is 25.0 Å². The molecule has 0 bridgehead atoms. The highest BCUT2D eigenvalue weighted by atomic mass is 16.3. The molecular weight excluding hydrogens is 254 g/mol. The molecule has 1 unspecified atom stereocenters. The minimum atomic E-state index is -0.0547. The van der Waals surface area contributed by atoms with E-state index in [2.05, 4.69) is 4.98 Å². The van der Waals surface area contributed by atoms with E-state index in [1.165, 1.54) is 0 Å². The lowest BCUT2D eigenvalue weighted by atomic mass is 10.1. The van der Waals surface area contributed by atoms with E-state index in [4.69, 9.17) is 0 Å². The third-order valence-electron chi connectivity index (χ3n) is 3.80. The average molecular weight is 277 g/mol. The third kappa shape index (κ3) is 3.28. The van der Waals surface area contributed by atoms with E-state index in [1.807, 2.05) is 30.0 Å². The number of carbonyl (C=O) groups is 1. The van der Waals surface area contributed by atoms with Gasteiger partial charge in [0.2, 0.25) is 0 Å². The Morgan fingerprint density at radius 1 is 1.45 bits per heavy atom. The number of nitrogens with zero attached hydrogens (tertiary/aromatic N) is 3. The molecule has 1 fully saturated rings. The van der Waals surface area contributed by atoms with Crippen molar-refractivity contribution >= 4 is 11.7 Å². The number of pyridine rings is 1. The molecule has 110 valence electrons. The van der Waals surface area contributed by atoms with Crippen LogP contribution in [0.15, 0.2) is 18.3 Å². The largest absolute Gasteiger partial charge is 0.394 e. The fourth-order valence-electron chi connectivity index (χ4n) is 2.60. The van der Waals surface area contributed by atoms with E-state index >= 15 is 0 Å². The smallest absolute Gasteiger partial charge is 0.254 e. The van der Waals surface area contributed by atoms with Crippen LogP contribution in [0.2, 0.25) is 0 Å². The molecule has 1 N–H and O–H groups in total. The van der Waals surface area contributed by atoms with Crippen molar-refractivity contribution in [3.05, 3.63) is 23.9 Å². The van der Waals surface area contributed by atoms with Crippen LogP contribution in [0, 0.1) is 0 Å². The zero-order valence-electron chi connectivity index (χ0n) is 12.2. The molecule has 1 aromatic rings. The van der Waals surface area contributed by atoms with Gasteiger partial charge in [-0.1, -0.05) is 12.8 Å². The Morgan fingerprint density at radius 2 is 2.25 bits per heavy atom. The Labute approximate surface area is 120 Å². The summed E-state index contributed by atoms with van der Waals surface area (Å²) in [6, 6.07) is 3.50. The first-order valence-electron chi connectivity index (χ1n) is 7.18. The molecule has 2 heterocycles. The number of amides is 1. The van der Waals surface area contributed by atoms with Crippen LogP contribution in [0.5, 0.6) is 0 Å². The maximum Gasteiger partial charge on any atom is 0.254 e. The van der Waals surface area contributed by atoms with Crippen LogP contribution < -0.4 is 4.90 Å². The summed E-state index contributed by atoms with van der Waals surface area (Å²) in [5, 5.41) is 9.51. The van der Waals surface area contributed by atoms with Crippen LogP contribution in [0.1, 0.15) is 36.0 Å². The number of aliphatic hydroxyl groups excluding tert-OH is 1. The Morgan fingerprint density at radius 3 is 2.95 bits per heavy atom. The Kier molecular flexibility index (Phi) is 4.95. The molecular formula is C15H23N3O2. The lowest BCUT2D eigenvalue weighted by molar-refractivity contribution is 0.0599. The molecule has 5 heteroatoms. The van der Waals surface area contributed by atoms with Crippen molar-refractivity contribution in [3.8, 4) is 0 Å². The highest BCUT2D eigenvalue weighted by Crippen LogP contribution is 2.20. The normalized spacial score (nSPS) is 19.6. The summed E-state index contributed by atoms with van der Waals surface area (Å²) in [5.74, 6) is 0.766. The predicted molar refractivity (Wildman–Crippen MR) is 78.9 cm³/mol. The Bertz CT molecular complexity index is 462. The molecule has 1 aromatic heterocycles. The molecule has 2 rings (SSSR count). The van der Waals surface area contributed by atoms with Crippen molar-refractivity contribution in [1.82, 2.24) is 9.88 Å². The van der Waals surface area contributed by atoms with Crippen LogP contribution in [0.4, 0.5) is 5.82 Å². The van der Waals surface area contributed by atoms with Crippen molar-refractivity contribution < 1.29 is 9.90 Å². The molecule has 1 saturated heterocycles. The Balaban J connectivity index is 2.22. The second kappa shape index (κ2) is 6.70. The lowest BCUT2D eigenvalue weighted by Crippen LogP contribution is -2.42. The molecule has 1 amide bonds. The molecule has 0 aromatic carbocycles. The number of hydrogen-bond acceptors (Lipinski definition) is 4. The first kappa shape index (κ1) is 14.8. The van der Waals surface area contributed by atoms with Crippen molar-refractivity contribution in [2.24, 2.45) is 0 Å². The summed E-state index contributed by atoms with van der Waals surface area (Å²) >= 11 is 0. The van der Waals surface area contributed by atoms with Crippen LogP contribution in [-0.4, -0.2) is 54.2 Å². The van der Waals surface area contributed by atoms with Gasteiger partial charge in [0.15, 0.2) is 0 Å². The summed E-state index contributed by atoms with van der Waals surface area (Å²) in [4.78, 5) is 20.6. The summed E-state index contributed by atoms with van der Waals surface area (Å²) in [6.45, 7) is 0.765. The molecule has 5 nitrogen and oxygen atoms in total. The standard InChI is InChI=1S/C15H23N3O2/c1-17(2)14-10-12(7-8-16-14)15(20)18-9-5-3-4-6-13(18)11-19/h7-8,10,13,19H,3-6,9,11H2,1-2H3. The van der Waals surface area contributed by atoms with Gasteiger partial charge in [0, 0.05) is 32.4 Å². The predicted octanol–water partition coefficient (Wildman–Crippen LogP) is 1.52. The summed E-state index contributed by atoms with van der Waals surface area (Å²) < 4.78 is 0. The maximum absolute atomic E-state index is 12.7. The van der Waals surface area contributed by atoms with Gasteiger partial charge in [-0.15, -0.1) is 0 Å². The number of hydrogen-bond donors (Lipinski definition) is 1. The number of carbonyl (C=O) groups excluding carboxylic acids is 1. The van der Waals surface area contributed by atoms with Crippen LogP contribution in [0.3, 0.4) is 0 Å². The van der Waals surface area contributed by atoms with E-state index in [1.54, 1.807) is 12.3 Å². The molecule has 0 spiro atoms. The van der Waals surface area contributed by atoms with Crippen LogP contribution in [-0.2, 0) is 0 Å². The van der Waals surface area contributed by atoms with E-state index in [-0.39, 0.29) is 18.6 Å². The van der Waals surface area contributed by atoms with Gasteiger partial charge in [0.1, 0.15) is 5.82 Å². The third-order valence-corrected chi connectivity index (χ3v) is 3.80. The molecule has 1 aliphatic rings. The van der Waals surface area contributed by atoms with Gasteiger partial charge in [-0.3, -0.25) is 4.79 Å². The van der Waals surface area contributed by atoms with Crippen molar-refractivity contribution in [2.75, 3.05) is 32.1 Å². The highest BCUT2D eigenvalue weighted by Gasteiger charge is 2.25. The molecule has 0 aliphatic carbocycles. The first-order chi connectivity index (χ1) is 9.63. The van der Waals surface area contributed by atoms with Gasteiger partial charge >= 0.3 is 0 Å². The number of likely N-dealkylation sites (tertiary alicyclic amines) is 1. The molecule has 0 saturated carbocycles. The minimum absolute atomic E-state index is 0.00329. The van der Waals surface area contributed by atoms with Crippen LogP contribution >= 0.6 is 0 Å². The fraction of sp³-hybridized carbons (Fsp3) is 0.600. The lowest BCUT2D eigenvalue weighted by Gasteiger charge is -2.29. The molecule has 0 radical (unpaired) electrons. The van der Waals surface area contributed by atoms with Crippen molar-refractivity contribution in [1.29, 1.82) is 0 Å². The van der Waals surface area contributed by atoms with Crippen LogP contribution in [0.25, 0.3) is 0 Å². The SMILES string of the molecule is CN(C)c1cc(C(=O)N2CCCCCC2CO)ccn1. The summed E-state index contributed by atoms with van der Waals surface area (Å²) in [7, 11) is 3.80. The topological polar surface area (TPSA) is 56.7 Å². The zero-order valence-corrected chi connectivity index (χ0v) is 12.2. The second-order valence-electron chi connectivity index (χ2n) is 5.48.